The second kappa shape index (κ2) is 3.14. The largest absolute Gasteiger partial charge is 0.492 e. The minimum absolute atomic E-state index is 0.127. The maximum atomic E-state index is 8.96. The highest BCUT2D eigenvalue weighted by Crippen LogP contribution is 1.94. The van der Waals surface area contributed by atoms with Gasteiger partial charge in [0.25, 0.3) is 0 Å². The van der Waals surface area contributed by atoms with Gasteiger partial charge in [-0.15, -0.1) is 0 Å². The van der Waals surface area contributed by atoms with E-state index in [0.29, 0.717) is 0 Å². The summed E-state index contributed by atoms with van der Waals surface area (Å²) in [7, 11) is 1.66. The zero-order valence-corrected chi connectivity index (χ0v) is 5.89. The summed E-state index contributed by atoms with van der Waals surface area (Å²) in [5.74, 6) is 3.59. The topological polar surface area (TPSA) is 51.1 Å². The first-order valence-electron chi connectivity index (χ1n) is 2.64. The molecule has 0 amide bonds. The molecule has 0 heterocycles. The molecule has 0 aromatic rings. The van der Waals surface area contributed by atoms with Gasteiger partial charge in [0.15, 0.2) is 0 Å². The Kier molecular flexibility index (Phi) is 2.81. The molecule has 0 unspecified atom stereocenters. The number of nitrogens with zero attached hydrogens (tertiary/aromatic N) is 1. The smallest absolute Gasteiger partial charge is 0.233 e. The quantitative estimate of drug-likeness (QED) is 0.314. The van der Waals surface area contributed by atoms with Crippen molar-refractivity contribution in [3.8, 4) is 0 Å². The molecule has 9 heavy (non-hydrogen) atoms. The second-order valence-electron chi connectivity index (χ2n) is 2.05. The standard InChI is InChI=1S/C6H12N2O/c1-5(2)4-6(9)8(3)7/h4,9H,1,7H2,2-3H3/p+1. The summed E-state index contributed by atoms with van der Waals surface area (Å²) in [6.45, 7) is 5.39. The average molecular weight is 129 g/mol. The predicted molar refractivity (Wildman–Crippen MR) is 36.2 cm³/mol. The van der Waals surface area contributed by atoms with Crippen LogP contribution >= 0.6 is 0 Å². The lowest BCUT2D eigenvalue weighted by Gasteiger charge is -2.04. The minimum Gasteiger partial charge on any atom is -0.492 e. The van der Waals surface area contributed by atoms with Crippen LogP contribution in [0, 0.1) is 0 Å². The maximum Gasteiger partial charge on any atom is 0.233 e. The lowest BCUT2D eigenvalue weighted by molar-refractivity contribution is -0.559. The van der Waals surface area contributed by atoms with Crippen LogP contribution in [0.5, 0.6) is 0 Å². The van der Waals surface area contributed by atoms with Gasteiger partial charge < -0.3 is 5.11 Å². The third-order valence-electron chi connectivity index (χ3n) is 0.767. The molecule has 0 aromatic heterocycles. The number of hydrogen-bond donors (Lipinski definition) is 2. The van der Waals surface area contributed by atoms with Crippen molar-refractivity contribution < 1.29 is 10.9 Å². The number of allylic oxidation sites excluding steroid dienone is 2. The highest BCUT2D eigenvalue weighted by atomic mass is 16.3. The van der Waals surface area contributed by atoms with Crippen LogP contribution in [0.4, 0.5) is 0 Å². The highest BCUT2D eigenvalue weighted by molar-refractivity contribution is 5.12. The molecule has 0 bridgehead atoms. The molecular weight excluding hydrogens is 116 g/mol. The predicted octanol–water partition coefficient (Wildman–Crippen LogP) is 0.0506. The van der Waals surface area contributed by atoms with Gasteiger partial charge in [-0.05, 0) is 6.92 Å². The van der Waals surface area contributed by atoms with Gasteiger partial charge in [-0.2, -0.15) is 5.01 Å². The summed E-state index contributed by atoms with van der Waals surface area (Å²) in [5, 5.41) is 10.3. The first-order valence-corrected chi connectivity index (χ1v) is 2.64. The molecule has 3 heteroatoms. The average Bonchev–Trinajstić information content (AvgIpc) is 1.63. The van der Waals surface area contributed by atoms with E-state index in [1.807, 2.05) is 0 Å². The molecule has 0 aliphatic heterocycles. The summed E-state index contributed by atoms with van der Waals surface area (Å²) in [6, 6.07) is 0. The van der Waals surface area contributed by atoms with Crippen LogP contribution in [-0.4, -0.2) is 17.2 Å². The van der Waals surface area contributed by atoms with Crippen molar-refractivity contribution in [1.82, 2.24) is 5.01 Å². The van der Waals surface area contributed by atoms with Crippen molar-refractivity contribution in [3.05, 3.63) is 24.1 Å². The third-order valence-corrected chi connectivity index (χ3v) is 0.767. The Morgan fingerprint density at radius 2 is 2.22 bits per heavy atom. The van der Waals surface area contributed by atoms with Crippen molar-refractivity contribution in [3.63, 3.8) is 0 Å². The first-order chi connectivity index (χ1) is 4.04. The van der Waals surface area contributed by atoms with E-state index in [2.05, 4.69) is 12.4 Å². The molecule has 4 N–H and O–H groups in total. The summed E-state index contributed by atoms with van der Waals surface area (Å²) in [5.41, 5.74) is 0.808. The van der Waals surface area contributed by atoms with Crippen molar-refractivity contribution in [2.75, 3.05) is 7.05 Å². The Balaban J connectivity index is 4.00. The zero-order chi connectivity index (χ0) is 7.44. The van der Waals surface area contributed by atoms with E-state index in [-0.39, 0.29) is 5.88 Å². The number of aliphatic hydroxyl groups is 1. The van der Waals surface area contributed by atoms with Gasteiger partial charge in [-0.3, -0.25) is 5.84 Å². The van der Waals surface area contributed by atoms with Crippen LogP contribution in [0.2, 0.25) is 0 Å². The Morgan fingerprint density at radius 3 is 2.33 bits per heavy atom. The van der Waals surface area contributed by atoms with E-state index in [0.717, 1.165) is 5.57 Å². The fraction of sp³-hybridized carbons (Fsp3) is 0.333. The molecule has 0 radical (unpaired) electrons. The van der Waals surface area contributed by atoms with Gasteiger partial charge in [0, 0.05) is 6.08 Å². The van der Waals surface area contributed by atoms with Gasteiger partial charge in [-0.1, -0.05) is 12.2 Å². The molecule has 0 fully saturated rings. The van der Waals surface area contributed by atoms with Gasteiger partial charge >= 0.3 is 0 Å². The lowest BCUT2D eigenvalue weighted by atomic mass is 10.3. The molecule has 0 atom stereocenters. The van der Waals surface area contributed by atoms with E-state index in [1.165, 1.54) is 5.01 Å². The molecule has 0 aromatic carbocycles. The minimum atomic E-state index is 0.127. The maximum absolute atomic E-state index is 8.96. The lowest BCUT2D eigenvalue weighted by Crippen LogP contribution is -2.64. The Hall–Kier alpha value is -0.960. The molecule has 3 nitrogen and oxygen atoms in total. The number of quaternary nitrogens is 1. The van der Waals surface area contributed by atoms with E-state index in [1.54, 1.807) is 20.0 Å². The molecule has 0 saturated carbocycles. The van der Waals surface area contributed by atoms with Gasteiger partial charge in [0.1, 0.15) is 0 Å². The fourth-order valence-electron chi connectivity index (χ4n) is 0.331. The van der Waals surface area contributed by atoms with Gasteiger partial charge in [0.2, 0.25) is 5.88 Å². The highest BCUT2D eigenvalue weighted by Gasteiger charge is 1.95. The summed E-state index contributed by atoms with van der Waals surface area (Å²) < 4.78 is 0. The van der Waals surface area contributed by atoms with Crippen LogP contribution in [-0.2, 0) is 0 Å². The van der Waals surface area contributed by atoms with Crippen molar-refractivity contribution >= 4 is 0 Å². The second-order valence-corrected chi connectivity index (χ2v) is 2.05. The van der Waals surface area contributed by atoms with Crippen LogP contribution in [0.15, 0.2) is 24.1 Å². The first kappa shape index (κ1) is 8.04. The van der Waals surface area contributed by atoms with Crippen molar-refractivity contribution in [2.24, 2.45) is 0 Å². The SMILES string of the molecule is C=C(C)C=C(O)N(C)[NH3+]. The van der Waals surface area contributed by atoms with E-state index in [9.17, 15) is 0 Å². The van der Waals surface area contributed by atoms with E-state index >= 15 is 0 Å². The molecule has 0 spiro atoms. The third kappa shape index (κ3) is 3.61. The molecule has 0 saturated heterocycles. The van der Waals surface area contributed by atoms with E-state index in [4.69, 9.17) is 5.11 Å². The Labute approximate surface area is 55.0 Å². The fourth-order valence-corrected chi connectivity index (χ4v) is 0.331. The van der Waals surface area contributed by atoms with Crippen molar-refractivity contribution in [2.45, 2.75) is 6.92 Å². The van der Waals surface area contributed by atoms with Gasteiger partial charge in [0.05, 0.1) is 7.05 Å². The molecular formula is C6H13N2O+. The Bertz CT molecular complexity index is 138. The summed E-state index contributed by atoms with van der Waals surface area (Å²) in [4.78, 5) is 0. The van der Waals surface area contributed by atoms with Crippen LogP contribution in [0.3, 0.4) is 0 Å². The van der Waals surface area contributed by atoms with E-state index < -0.39 is 0 Å². The van der Waals surface area contributed by atoms with Crippen molar-refractivity contribution in [1.29, 1.82) is 0 Å². The number of aliphatic hydroxyl groups excluding tert-OH is 1. The molecule has 0 aliphatic carbocycles. The summed E-state index contributed by atoms with van der Waals surface area (Å²) >= 11 is 0. The normalized spacial score (nSPS) is 11.2. The van der Waals surface area contributed by atoms with Gasteiger partial charge in [-0.25, -0.2) is 0 Å². The molecule has 0 rings (SSSR count). The van der Waals surface area contributed by atoms with Crippen LogP contribution in [0.1, 0.15) is 6.92 Å². The molecule has 52 valence electrons. The monoisotopic (exact) mass is 129 g/mol. The Morgan fingerprint density at radius 1 is 1.78 bits per heavy atom. The zero-order valence-electron chi connectivity index (χ0n) is 5.89. The summed E-state index contributed by atoms with van der Waals surface area (Å²) in [6.07, 6.45) is 1.55. The number of rotatable bonds is 2. The molecule has 0 aliphatic rings. The van der Waals surface area contributed by atoms with Crippen LogP contribution < -0.4 is 5.84 Å². The number of hydrogen-bond acceptors (Lipinski definition) is 2. The van der Waals surface area contributed by atoms with Crippen LogP contribution in [0.25, 0.3) is 0 Å².